The van der Waals surface area contributed by atoms with Gasteiger partial charge < -0.3 is 14.9 Å². The number of rotatable bonds is 4. The van der Waals surface area contributed by atoms with E-state index in [0.29, 0.717) is 37.7 Å². The third-order valence-electron chi connectivity index (χ3n) is 7.90. The Hall–Kier alpha value is -3.90. The van der Waals surface area contributed by atoms with Gasteiger partial charge in [-0.15, -0.1) is 10.2 Å². The third kappa shape index (κ3) is 4.53. The van der Waals surface area contributed by atoms with Crippen LogP contribution in [0.1, 0.15) is 36.7 Å². The summed E-state index contributed by atoms with van der Waals surface area (Å²) in [6.45, 7) is 5.66. The molecule has 1 aromatic carbocycles. The molecule has 2 fully saturated rings. The molecule has 1 N–H and O–H groups in total. The molecule has 4 heterocycles. The second-order valence-corrected chi connectivity index (χ2v) is 10.1. The van der Waals surface area contributed by atoms with Crippen molar-refractivity contribution in [2.24, 2.45) is 17.8 Å². The number of carbonyl (C=O) groups excluding carboxylic acids is 1. The molecule has 2 aliphatic rings. The number of hydrogen-bond acceptors (Lipinski definition) is 7. The minimum absolute atomic E-state index is 0.0194. The Bertz CT molecular complexity index is 1280. The van der Waals surface area contributed by atoms with E-state index >= 15 is 0 Å². The molecule has 0 bridgehead atoms. The molecule has 0 spiro atoms. The van der Waals surface area contributed by atoms with E-state index in [1.807, 2.05) is 60.0 Å². The lowest BCUT2D eigenvalue weighted by Crippen LogP contribution is -2.57. The number of piperidine rings is 1. The second-order valence-electron chi connectivity index (χ2n) is 10.1. The lowest BCUT2D eigenvalue weighted by atomic mass is 9.70. The number of aromatic nitrogens is 3. The molecule has 4 unspecified atom stereocenters. The molecular formula is C28H29FN6O2. The third-order valence-corrected chi connectivity index (χ3v) is 7.90. The Balaban J connectivity index is 1.41. The summed E-state index contributed by atoms with van der Waals surface area (Å²) in [5.74, 6) is -0.935. The molecule has 0 radical (unpaired) electrons. The van der Waals surface area contributed by atoms with Crippen molar-refractivity contribution in [3.8, 4) is 6.07 Å². The molecule has 8 nitrogen and oxygen atoms in total. The van der Waals surface area contributed by atoms with Gasteiger partial charge in [0.1, 0.15) is 11.9 Å². The smallest absolute Gasteiger partial charge is 0.228 e. The Morgan fingerprint density at radius 2 is 1.76 bits per heavy atom. The van der Waals surface area contributed by atoms with Crippen molar-refractivity contribution in [2.75, 3.05) is 31.1 Å². The lowest BCUT2D eigenvalue weighted by molar-refractivity contribution is -0.152. The highest BCUT2D eigenvalue weighted by Gasteiger charge is 2.49. The van der Waals surface area contributed by atoms with E-state index in [-0.39, 0.29) is 29.4 Å². The van der Waals surface area contributed by atoms with Gasteiger partial charge in [0.2, 0.25) is 5.91 Å². The average Bonchev–Trinajstić information content (AvgIpc) is 3.37. The van der Waals surface area contributed by atoms with E-state index in [2.05, 4.69) is 15.2 Å². The van der Waals surface area contributed by atoms with Gasteiger partial charge in [0.05, 0.1) is 17.7 Å². The number of likely N-dealkylation sites (tertiary alicyclic amines) is 1. The number of benzene rings is 1. The van der Waals surface area contributed by atoms with Crippen LogP contribution in [0.25, 0.3) is 0 Å². The molecule has 3 aromatic rings. The molecule has 37 heavy (non-hydrogen) atoms. The number of nitriles is 1. The Labute approximate surface area is 215 Å². The van der Waals surface area contributed by atoms with Gasteiger partial charge in [-0.3, -0.25) is 9.78 Å². The molecule has 2 aliphatic heterocycles. The van der Waals surface area contributed by atoms with Gasteiger partial charge in [-0.25, -0.2) is 4.39 Å². The fraction of sp³-hybridized carbons (Fsp3) is 0.393. The quantitative estimate of drug-likeness (QED) is 0.587. The molecule has 4 atom stereocenters. The van der Waals surface area contributed by atoms with Crippen LogP contribution in [0.4, 0.5) is 10.2 Å². The number of hydrogen-bond donors (Lipinski definition) is 1. The maximum Gasteiger partial charge on any atom is 0.228 e. The highest BCUT2D eigenvalue weighted by molar-refractivity contribution is 5.81. The molecule has 2 saturated heterocycles. The number of pyridine rings is 1. The Morgan fingerprint density at radius 3 is 2.35 bits per heavy atom. The second kappa shape index (κ2) is 9.87. The van der Waals surface area contributed by atoms with E-state index in [9.17, 15) is 14.3 Å². The zero-order valence-corrected chi connectivity index (χ0v) is 20.8. The number of aliphatic hydroxyl groups is 1. The first-order valence-corrected chi connectivity index (χ1v) is 12.5. The van der Waals surface area contributed by atoms with Crippen LogP contribution in [-0.4, -0.2) is 57.3 Å². The van der Waals surface area contributed by atoms with Crippen LogP contribution in [0.15, 0.2) is 60.8 Å². The van der Waals surface area contributed by atoms with Gasteiger partial charge in [0.15, 0.2) is 11.5 Å². The largest absolute Gasteiger partial charge is 0.384 e. The first-order chi connectivity index (χ1) is 17.8. The first-order valence-electron chi connectivity index (χ1n) is 12.5. The number of anilines is 1. The van der Waals surface area contributed by atoms with Crippen molar-refractivity contribution in [2.45, 2.75) is 25.4 Å². The van der Waals surface area contributed by atoms with Crippen molar-refractivity contribution >= 4 is 11.7 Å². The summed E-state index contributed by atoms with van der Waals surface area (Å²) in [6, 6.07) is 17.9. The van der Waals surface area contributed by atoms with Crippen molar-refractivity contribution in [3.05, 3.63) is 83.6 Å². The summed E-state index contributed by atoms with van der Waals surface area (Å²) >= 11 is 0. The van der Waals surface area contributed by atoms with Crippen molar-refractivity contribution < 1.29 is 14.3 Å². The van der Waals surface area contributed by atoms with Gasteiger partial charge in [0.25, 0.3) is 0 Å². The molecule has 0 aliphatic carbocycles. The van der Waals surface area contributed by atoms with Gasteiger partial charge in [-0.1, -0.05) is 44.2 Å². The molecule has 1 amide bonds. The molecular weight excluding hydrogens is 471 g/mol. The summed E-state index contributed by atoms with van der Waals surface area (Å²) in [4.78, 5) is 22.1. The minimum Gasteiger partial charge on any atom is -0.384 e. The van der Waals surface area contributed by atoms with Crippen molar-refractivity contribution in [1.82, 2.24) is 20.1 Å². The van der Waals surface area contributed by atoms with Crippen LogP contribution < -0.4 is 4.90 Å². The predicted molar refractivity (Wildman–Crippen MR) is 135 cm³/mol. The minimum atomic E-state index is -1.03. The normalized spacial score (nSPS) is 27.6. The highest BCUT2D eigenvalue weighted by Crippen LogP contribution is 2.43. The van der Waals surface area contributed by atoms with Crippen LogP contribution >= 0.6 is 0 Å². The first kappa shape index (κ1) is 24.8. The predicted octanol–water partition coefficient (Wildman–Crippen LogP) is 3.10. The van der Waals surface area contributed by atoms with Crippen LogP contribution in [-0.2, 0) is 10.4 Å². The fourth-order valence-corrected chi connectivity index (χ4v) is 5.89. The maximum atomic E-state index is 14.0. The topological polar surface area (TPSA) is 106 Å². The van der Waals surface area contributed by atoms with Crippen LogP contribution in [0, 0.1) is 34.9 Å². The van der Waals surface area contributed by atoms with Gasteiger partial charge in [-0.2, -0.15) is 5.26 Å². The van der Waals surface area contributed by atoms with E-state index < -0.39 is 17.3 Å². The number of carbonyl (C=O) groups is 1. The molecule has 190 valence electrons. The highest BCUT2D eigenvalue weighted by atomic mass is 19.1. The summed E-state index contributed by atoms with van der Waals surface area (Å²) in [7, 11) is 0. The number of nitrogens with zero attached hydrogens (tertiary/aromatic N) is 6. The van der Waals surface area contributed by atoms with Gasteiger partial charge in [0, 0.05) is 49.6 Å². The van der Waals surface area contributed by atoms with E-state index in [0.717, 1.165) is 5.56 Å². The molecule has 5 rings (SSSR count). The Morgan fingerprint density at radius 1 is 1.03 bits per heavy atom. The molecule has 9 heteroatoms. The van der Waals surface area contributed by atoms with Gasteiger partial charge >= 0.3 is 0 Å². The van der Waals surface area contributed by atoms with E-state index in [4.69, 9.17) is 5.26 Å². The average molecular weight is 501 g/mol. The molecule has 2 aromatic heterocycles. The zero-order chi connectivity index (χ0) is 26.2. The monoisotopic (exact) mass is 500 g/mol. The number of amides is 1. The standard InChI is InChI=1S/C28H29FN6O2/c1-18-14-35(15-19(2)28(18,37)20-6-4-3-5-7-20)27(36)24-17-34(26-11-9-22(12-30)32-33-26)16-23(24)25-10-8-21(29)13-31-25/h3-11,13,18-19,23-24,37H,14-17H2,1-2H3. The van der Waals surface area contributed by atoms with Crippen molar-refractivity contribution in [1.29, 1.82) is 5.26 Å². The lowest BCUT2D eigenvalue weighted by Gasteiger charge is -2.48. The summed E-state index contributed by atoms with van der Waals surface area (Å²) < 4.78 is 13.6. The van der Waals surface area contributed by atoms with Crippen molar-refractivity contribution in [3.63, 3.8) is 0 Å². The van der Waals surface area contributed by atoms with Crippen LogP contribution in [0.5, 0.6) is 0 Å². The fourth-order valence-electron chi connectivity index (χ4n) is 5.89. The Kier molecular flexibility index (Phi) is 6.61. The summed E-state index contributed by atoms with van der Waals surface area (Å²) in [5, 5.41) is 28.9. The maximum absolute atomic E-state index is 14.0. The summed E-state index contributed by atoms with van der Waals surface area (Å²) in [5.41, 5.74) is 0.689. The van der Waals surface area contributed by atoms with Gasteiger partial charge in [-0.05, 0) is 29.8 Å². The summed E-state index contributed by atoms with van der Waals surface area (Å²) in [6.07, 6.45) is 1.17. The zero-order valence-electron chi connectivity index (χ0n) is 20.8. The van der Waals surface area contributed by atoms with Crippen LogP contribution in [0.2, 0.25) is 0 Å². The van der Waals surface area contributed by atoms with E-state index in [1.165, 1.54) is 12.3 Å². The number of halogens is 1. The van der Waals surface area contributed by atoms with Crippen LogP contribution in [0.3, 0.4) is 0 Å². The molecule has 0 saturated carbocycles. The SMILES string of the molecule is CC1CN(C(=O)C2CN(c3ccc(C#N)nn3)CC2c2ccc(F)cn2)CC(C)C1(O)c1ccccc1. The van der Waals surface area contributed by atoms with E-state index in [1.54, 1.807) is 18.2 Å².